The lowest BCUT2D eigenvalue weighted by Crippen LogP contribution is -2.37. The molecule has 1 amide bonds. The quantitative estimate of drug-likeness (QED) is 0.565. The number of hydrogen-bond acceptors (Lipinski definition) is 3. The van der Waals surface area contributed by atoms with Gasteiger partial charge in [0.05, 0.1) is 6.61 Å². The maximum atomic E-state index is 12.5. The van der Waals surface area contributed by atoms with Crippen LogP contribution in [0, 0.1) is 0 Å². The minimum Gasteiger partial charge on any atom is -0.465 e. The van der Waals surface area contributed by atoms with Gasteiger partial charge in [-0.15, -0.1) is 6.58 Å². The third-order valence-electron chi connectivity index (χ3n) is 3.20. The van der Waals surface area contributed by atoms with Crippen LogP contribution >= 0.6 is 0 Å². The van der Waals surface area contributed by atoms with Crippen molar-refractivity contribution in [1.29, 1.82) is 0 Å². The first-order valence-corrected chi connectivity index (χ1v) is 6.90. The van der Waals surface area contributed by atoms with Gasteiger partial charge in [0.1, 0.15) is 12.2 Å². The Balaban J connectivity index is 2.11. The van der Waals surface area contributed by atoms with Crippen molar-refractivity contribution in [2.24, 2.45) is 0 Å². The van der Waals surface area contributed by atoms with Crippen molar-refractivity contribution in [1.82, 2.24) is 9.47 Å². The Morgan fingerprint density at radius 1 is 1.55 bits per heavy atom. The summed E-state index contributed by atoms with van der Waals surface area (Å²) in [4.78, 5) is 25.6. The number of amides is 1. The number of rotatable bonds is 7. The number of ether oxygens (including phenoxy) is 1. The molecule has 2 rings (SSSR count). The molecule has 1 aromatic heterocycles. The molecule has 1 fully saturated rings. The molecule has 0 bridgehead atoms. The Morgan fingerprint density at radius 3 is 2.90 bits per heavy atom. The predicted molar refractivity (Wildman–Crippen MR) is 75.4 cm³/mol. The van der Waals surface area contributed by atoms with Crippen molar-refractivity contribution in [2.45, 2.75) is 25.8 Å². The molecule has 5 heteroatoms. The molecule has 20 heavy (non-hydrogen) atoms. The second-order valence-corrected chi connectivity index (χ2v) is 4.81. The molecule has 1 aliphatic carbocycles. The zero-order valence-electron chi connectivity index (χ0n) is 11.7. The van der Waals surface area contributed by atoms with Crippen LogP contribution in [0.25, 0.3) is 0 Å². The van der Waals surface area contributed by atoms with Crippen molar-refractivity contribution >= 4 is 11.9 Å². The largest absolute Gasteiger partial charge is 0.465 e. The molecule has 0 radical (unpaired) electrons. The maximum Gasteiger partial charge on any atom is 0.325 e. The summed E-state index contributed by atoms with van der Waals surface area (Å²) < 4.78 is 6.89. The number of esters is 1. The molecule has 0 aliphatic heterocycles. The molecule has 0 N–H and O–H groups in total. The molecule has 0 spiro atoms. The molecule has 0 atom stereocenters. The monoisotopic (exact) mass is 276 g/mol. The summed E-state index contributed by atoms with van der Waals surface area (Å²) in [6.45, 7) is 5.97. The average molecular weight is 276 g/mol. The lowest BCUT2D eigenvalue weighted by molar-refractivity contribution is -0.143. The van der Waals surface area contributed by atoms with E-state index < -0.39 is 5.97 Å². The van der Waals surface area contributed by atoms with Gasteiger partial charge in [0, 0.05) is 18.8 Å². The summed E-state index contributed by atoms with van der Waals surface area (Å²) in [5.41, 5.74) is 0.624. The van der Waals surface area contributed by atoms with Crippen LogP contribution in [-0.4, -0.2) is 41.0 Å². The SMILES string of the molecule is C=CCN(CC(=O)OCC)C(=O)c1cccn1C1CC1. The standard InChI is InChI=1S/C15H20N2O3/c1-3-9-16(11-14(18)20-4-2)15(19)13-6-5-10-17(13)12-7-8-12/h3,5-6,10,12H,1,4,7-9,11H2,2H3. The van der Waals surface area contributed by atoms with Gasteiger partial charge < -0.3 is 14.2 Å². The van der Waals surface area contributed by atoms with E-state index in [9.17, 15) is 9.59 Å². The number of carbonyl (C=O) groups is 2. The zero-order valence-corrected chi connectivity index (χ0v) is 11.7. The van der Waals surface area contributed by atoms with E-state index in [-0.39, 0.29) is 12.5 Å². The Bertz CT molecular complexity index is 503. The number of carbonyl (C=O) groups excluding carboxylic acids is 2. The molecule has 1 aliphatic rings. The van der Waals surface area contributed by atoms with E-state index in [1.54, 1.807) is 19.1 Å². The van der Waals surface area contributed by atoms with E-state index >= 15 is 0 Å². The Labute approximate surface area is 118 Å². The van der Waals surface area contributed by atoms with E-state index in [1.807, 2.05) is 16.8 Å². The molecule has 1 saturated carbocycles. The third-order valence-corrected chi connectivity index (χ3v) is 3.20. The first-order valence-electron chi connectivity index (χ1n) is 6.90. The van der Waals surface area contributed by atoms with Crippen LogP contribution in [0.2, 0.25) is 0 Å². The molecule has 108 valence electrons. The first-order chi connectivity index (χ1) is 9.67. The number of nitrogens with zero attached hydrogens (tertiary/aromatic N) is 2. The lowest BCUT2D eigenvalue weighted by atomic mass is 10.3. The van der Waals surface area contributed by atoms with Gasteiger partial charge in [-0.1, -0.05) is 6.08 Å². The van der Waals surface area contributed by atoms with E-state index in [1.165, 1.54) is 4.90 Å². The topological polar surface area (TPSA) is 51.5 Å². The fourth-order valence-electron chi connectivity index (χ4n) is 2.15. The van der Waals surface area contributed by atoms with E-state index in [0.717, 1.165) is 12.8 Å². The minimum atomic E-state index is -0.396. The number of hydrogen-bond donors (Lipinski definition) is 0. The highest BCUT2D eigenvalue weighted by Gasteiger charge is 2.28. The van der Waals surface area contributed by atoms with E-state index in [2.05, 4.69) is 6.58 Å². The molecule has 1 heterocycles. The summed E-state index contributed by atoms with van der Waals surface area (Å²) >= 11 is 0. The summed E-state index contributed by atoms with van der Waals surface area (Å²) in [7, 11) is 0. The Hall–Kier alpha value is -2.04. The summed E-state index contributed by atoms with van der Waals surface area (Å²) in [6.07, 6.45) is 5.74. The van der Waals surface area contributed by atoms with Crippen molar-refractivity contribution in [3.05, 3.63) is 36.7 Å². The van der Waals surface area contributed by atoms with Crippen molar-refractivity contribution in [2.75, 3.05) is 19.7 Å². The van der Waals surface area contributed by atoms with Crippen molar-refractivity contribution in [3.63, 3.8) is 0 Å². The van der Waals surface area contributed by atoms with Crippen LogP contribution in [0.15, 0.2) is 31.0 Å². The van der Waals surface area contributed by atoms with Crippen LogP contribution < -0.4 is 0 Å². The Morgan fingerprint density at radius 2 is 2.30 bits per heavy atom. The fraction of sp³-hybridized carbons (Fsp3) is 0.467. The van der Waals surface area contributed by atoms with Crippen LogP contribution in [-0.2, 0) is 9.53 Å². The summed E-state index contributed by atoms with van der Waals surface area (Å²) in [5, 5.41) is 0. The predicted octanol–water partition coefficient (Wildman–Crippen LogP) is 2.01. The van der Waals surface area contributed by atoms with Crippen LogP contribution in [0.5, 0.6) is 0 Å². The van der Waals surface area contributed by atoms with Crippen molar-refractivity contribution < 1.29 is 14.3 Å². The van der Waals surface area contributed by atoms with Crippen LogP contribution in [0.1, 0.15) is 36.3 Å². The summed E-state index contributed by atoms with van der Waals surface area (Å²) in [5.74, 6) is -0.554. The van der Waals surface area contributed by atoms with Gasteiger partial charge in [0.15, 0.2) is 0 Å². The Kier molecular flexibility index (Phi) is 4.61. The summed E-state index contributed by atoms with van der Waals surface area (Å²) in [6, 6.07) is 4.08. The van der Waals surface area contributed by atoms with Gasteiger partial charge in [-0.05, 0) is 31.9 Å². The lowest BCUT2D eigenvalue weighted by Gasteiger charge is -2.21. The van der Waals surface area contributed by atoms with Gasteiger partial charge in [0.2, 0.25) is 0 Å². The second-order valence-electron chi connectivity index (χ2n) is 4.81. The first kappa shape index (κ1) is 14.4. The van der Waals surface area contributed by atoms with Crippen LogP contribution in [0.4, 0.5) is 0 Å². The van der Waals surface area contributed by atoms with Gasteiger partial charge in [0.25, 0.3) is 5.91 Å². The number of aromatic nitrogens is 1. The van der Waals surface area contributed by atoms with E-state index in [0.29, 0.717) is 24.9 Å². The average Bonchev–Trinajstić information content (AvgIpc) is 3.15. The molecule has 1 aromatic rings. The molecular formula is C15H20N2O3. The van der Waals surface area contributed by atoms with Crippen LogP contribution in [0.3, 0.4) is 0 Å². The van der Waals surface area contributed by atoms with Crippen molar-refractivity contribution in [3.8, 4) is 0 Å². The van der Waals surface area contributed by atoms with Gasteiger partial charge in [-0.2, -0.15) is 0 Å². The molecular weight excluding hydrogens is 256 g/mol. The molecule has 0 unspecified atom stereocenters. The highest BCUT2D eigenvalue weighted by atomic mass is 16.5. The smallest absolute Gasteiger partial charge is 0.325 e. The zero-order chi connectivity index (χ0) is 14.5. The van der Waals surface area contributed by atoms with Gasteiger partial charge in [-0.25, -0.2) is 0 Å². The molecule has 0 saturated heterocycles. The molecule has 0 aromatic carbocycles. The maximum absolute atomic E-state index is 12.5. The van der Waals surface area contributed by atoms with Gasteiger partial charge >= 0.3 is 5.97 Å². The highest BCUT2D eigenvalue weighted by Crippen LogP contribution is 2.36. The highest BCUT2D eigenvalue weighted by molar-refractivity contribution is 5.95. The fourth-order valence-corrected chi connectivity index (χ4v) is 2.15. The third kappa shape index (κ3) is 3.29. The minimum absolute atomic E-state index is 0.0471. The second kappa shape index (κ2) is 6.41. The van der Waals surface area contributed by atoms with E-state index in [4.69, 9.17) is 4.74 Å². The van der Waals surface area contributed by atoms with Gasteiger partial charge in [-0.3, -0.25) is 9.59 Å². The molecule has 5 nitrogen and oxygen atoms in total. The normalized spacial score (nSPS) is 13.8.